The largest absolute Gasteiger partial charge is 0.337 e. The molecule has 4 rings (SSSR count). The molecule has 6 nitrogen and oxygen atoms in total. The number of carbonyl (C=O) groups excluding carboxylic acids is 1. The molecule has 0 unspecified atom stereocenters. The summed E-state index contributed by atoms with van der Waals surface area (Å²) in [6, 6.07) is 12.0. The topological polar surface area (TPSA) is 56.0 Å². The summed E-state index contributed by atoms with van der Waals surface area (Å²) in [7, 11) is 1.85. The predicted octanol–water partition coefficient (Wildman–Crippen LogP) is 4.50. The zero-order chi connectivity index (χ0) is 20.7. The first kappa shape index (κ1) is 19.4. The first-order valence-electron chi connectivity index (χ1n) is 9.73. The van der Waals surface area contributed by atoms with E-state index in [0.717, 1.165) is 50.0 Å². The van der Waals surface area contributed by atoms with E-state index in [-0.39, 0.29) is 5.91 Å². The van der Waals surface area contributed by atoms with Crippen molar-refractivity contribution in [3.8, 4) is 5.69 Å². The quantitative estimate of drug-likeness (QED) is 0.489. The van der Waals surface area contributed by atoms with Gasteiger partial charge in [-0.2, -0.15) is 10.2 Å². The van der Waals surface area contributed by atoms with Crippen LogP contribution in [-0.4, -0.2) is 37.4 Å². The van der Waals surface area contributed by atoms with E-state index in [4.69, 9.17) is 0 Å². The lowest BCUT2D eigenvalue weighted by atomic mass is 10.2. The number of para-hydroxylation sites is 1. The Kier molecular flexibility index (Phi) is 5.00. The van der Waals surface area contributed by atoms with Crippen LogP contribution in [0.3, 0.4) is 0 Å². The summed E-state index contributed by atoms with van der Waals surface area (Å²) in [5.74, 6) is 0.0215. The van der Waals surface area contributed by atoms with Crippen molar-refractivity contribution in [1.29, 1.82) is 0 Å². The maximum absolute atomic E-state index is 13.2. The van der Waals surface area contributed by atoms with Gasteiger partial charge in [0.2, 0.25) is 0 Å². The van der Waals surface area contributed by atoms with Crippen molar-refractivity contribution < 1.29 is 4.79 Å². The molecule has 0 aliphatic carbocycles. The fourth-order valence-corrected chi connectivity index (χ4v) is 4.84. The van der Waals surface area contributed by atoms with Gasteiger partial charge in [0.05, 0.1) is 22.0 Å². The molecule has 0 aliphatic rings. The van der Waals surface area contributed by atoms with Crippen LogP contribution in [0.1, 0.15) is 39.2 Å². The molecule has 0 spiro atoms. The van der Waals surface area contributed by atoms with Crippen molar-refractivity contribution >= 4 is 27.5 Å². The van der Waals surface area contributed by atoms with Crippen molar-refractivity contribution in [2.45, 2.75) is 40.8 Å². The molecule has 3 heterocycles. The van der Waals surface area contributed by atoms with Crippen molar-refractivity contribution in [3.63, 3.8) is 0 Å². The van der Waals surface area contributed by atoms with Crippen LogP contribution in [0.4, 0.5) is 0 Å². The zero-order valence-electron chi connectivity index (χ0n) is 17.4. The van der Waals surface area contributed by atoms with Gasteiger partial charge in [-0.1, -0.05) is 18.2 Å². The molecule has 0 bridgehead atoms. The maximum atomic E-state index is 13.2. The molecule has 3 aromatic heterocycles. The van der Waals surface area contributed by atoms with Crippen LogP contribution in [0, 0.1) is 20.8 Å². The molecule has 0 saturated carbocycles. The molecule has 0 radical (unpaired) electrons. The van der Waals surface area contributed by atoms with Gasteiger partial charge in [-0.25, -0.2) is 4.68 Å². The number of hydrogen-bond donors (Lipinski definition) is 0. The molecule has 1 aromatic carbocycles. The number of aryl methyl sites for hydroxylation is 3. The number of amides is 1. The van der Waals surface area contributed by atoms with Gasteiger partial charge in [0.1, 0.15) is 4.83 Å². The third-order valence-corrected chi connectivity index (χ3v) is 6.43. The van der Waals surface area contributed by atoms with E-state index in [0.29, 0.717) is 6.54 Å². The van der Waals surface area contributed by atoms with E-state index in [2.05, 4.69) is 24.0 Å². The molecule has 7 heteroatoms. The molecule has 0 atom stereocenters. The second kappa shape index (κ2) is 7.48. The Hall–Kier alpha value is -2.93. The SMILES string of the molecule is CCn1nc(C)c(CN(C)C(=O)c2cc3c(C)nn(-c4ccccc4)c3s2)c1C. The second-order valence-corrected chi connectivity index (χ2v) is 8.32. The average molecular weight is 408 g/mol. The highest BCUT2D eigenvalue weighted by Gasteiger charge is 2.21. The van der Waals surface area contributed by atoms with E-state index in [1.54, 1.807) is 4.90 Å². The summed E-state index contributed by atoms with van der Waals surface area (Å²) in [6.45, 7) is 9.51. The Morgan fingerprint density at radius 2 is 1.83 bits per heavy atom. The lowest BCUT2D eigenvalue weighted by molar-refractivity contribution is 0.0789. The molecule has 4 aromatic rings. The van der Waals surface area contributed by atoms with Gasteiger partial charge < -0.3 is 4.90 Å². The van der Waals surface area contributed by atoms with Gasteiger partial charge in [-0.15, -0.1) is 11.3 Å². The first-order chi connectivity index (χ1) is 13.9. The van der Waals surface area contributed by atoms with Crippen LogP contribution < -0.4 is 0 Å². The highest BCUT2D eigenvalue weighted by atomic mass is 32.1. The monoisotopic (exact) mass is 407 g/mol. The van der Waals surface area contributed by atoms with Crippen LogP contribution in [0.15, 0.2) is 36.4 Å². The predicted molar refractivity (Wildman–Crippen MR) is 117 cm³/mol. The number of rotatable bonds is 5. The third-order valence-electron chi connectivity index (χ3n) is 5.33. The summed E-state index contributed by atoms with van der Waals surface area (Å²) in [4.78, 5) is 16.7. The zero-order valence-corrected chi connectivity index (χ0v) is 18.2. The number of hydrogen-bond acceptors (Lipinski definition) is 4. The van der Waals surface area contributed by atoms with Gasteiger partial charge >= 0.3 is 0 Å². The molecular weight excluding hydrogens is 382 g/mol. The Balaban J connectivity index is 1.65. The third kappa shape index (κ3) is 3.35. The summed E-state index contributed by atoms with van der Waals surface area (Å²) >= 11 is 1.49. The number of thiophene rings is 1. The highest BCUT2D eigenvalue weighted by Crippen LogP contribution is 2.31. The van der Waals surface area contributed by atoms with Gasteiger partial charge in [0.25, 0.3) is 5.91 Å². The number of aromatic nitrogens is 4. The van der Waals surface area contributed by atoms with Crippen LogP contribution in [0.2, 0.25) is 0 Å². The summed E-state index contributed by atoms with van der Waals surface area (Å²) in [6.07, 6.45) is 0. The van der Waals surface area contributed by atoms with Crippen LogP contribution >= 0.6 is 11.3 Å². The molecular formula is C22H25N5OS. The minimum Gasteiger partial charge on any atom is -0.337 e. The minimum absolute atomic E-state index is 0.0215. The molecule has 0 fully saturated rings. The number of fused-ring (bicyclic) bond motifs is 1. The second-order valence-electron chi connectivity index (χ2n) is 7.29. The lowest BCUT2D eigenvalue weighted by Gasteiger charge is -2.16. The van der Waals surface area contributed by atoms with E-state index < -0.39 is 0 Å². The summed E-state index contributed by atoms with van der Waals surface area (Å²) in [5.41, 5.74) is 5.15. The summed E-state index contributed by atoms with van der Waals surface area (Å²) < 4.78 is 3.91. The van der Waals surface area contributed by atoms with Crippen molar-refractivity contribution in [3.05, 3.63) is 63.9 Å². The smallest absolute Gasteiger partial charge is 0.264 e. The van der Waals surface area contributed by atoms with E-state index in [1.807, 2.05) is 66.7 Å². The number of benzene rings is 1. The highest BCUT2D eigenvalue weighted by molar-refractivity contribution is 7.20. The lowest BCUT2D eigenvalue weighted by Crippen LogP contribution is -2.26. The van der Waals surface area contributed by atoms with E-state index in [1.165, 1.54) is 11.3 Å². The minimum atomic E-state index is 0.0215. The van der Waals surface area contributed by atoms with Crippen molar-refractivity contribution in [1.82, 2.24) is 24.5 Å². The molecule has 150 valence electrons. The number of carbonyl (C=O) groups is 1. The van der Waals surface area contributed by atoms with Crippen molar-refractivity contribution in [2.75, 3.05) is 7.05 Å². The summed E-state index contributed by atoms with van der Waals surface area (Å²) in [5, 5.41) is 10.3. The first-order valence-corrected chi connectivity index (χ1v) is 10.5. The normalized spacial score (nSPS) is 11.3. The van der Waals surface area contributed by atoms with Crippen molar-refractivity contribution in [2.24, 2.45) is 0 Å². The Labute approximate surface area is 174 Å². The van der Waals surface area contributed by atoms with Gasteiger partial charge in [-0.05, 0) is 45.9 Å². The van der Waals surface area contributed by atoms with Crippen LogP contribution in [0.25, 0.3) is 15.9 Å². The molecule has 0 N–H and O–H groups in total. The fraction of sp³-hybridized carbons (Fsp3) is 0.318. The van der Waals surface area contributed by atoms with Crippen LogP contribution in [-0.2, 0) is 13.1 Å². The van der Waals surface area contributed by atoms with E-state index >= 15 is 0 Å². The Bertz CT molecular complexity index is 1190. The molecule has 0 saturated heterocycles. The maximum Gasteiger partial charge on any atom is 0.264 e. The Morgan fingerprint density at radius 3 is 2.48 bits per heavy atom. The van der Waals surface area contributed by atoms with Gasteiger partial charge in [0, 0.05) is 36.8 Å². The number of nitrogens with zero attached hydrogens (tertiary/aromatic N) is 5. The molecule has 1 amide bonds. The van der Waals surface area contributed by atoms with Gasteiger partial charge in [-0.3, -0.25) is 9.48 Å². The van der Waals surface area contributed by atoms with E-state index in [9.17, 15) is 4.79 Å². The van der Waals surface area contributed by atoms with Gasteiger partial charge in [0.15, 0.2) is 0 Å². The van der Waals surface area contributed by atoms with Crippen LogP contribution in [0.5, 0.6) is 0 Å². The fourth-order valence-electron chi connectivity index (χ4n) is 3.66. The standard InChI is InChI=1S/C22H25N5OS/c1-6-26-16(4)19(15(3)23-26)13-25(5)21(28)20-12-18-14(2)24-27(22(18)29-20)17-10-8-7-9-11-17/h7-12H,6,13H2,1-5H3. The molecule has 0 aliphatic heterocycles. The molecule has 29 heavy (non-hydrogen) atoms. The average Bonchev–Trinajstić information content (AvgIpc) is 3.37. The Morgan fingerprint density at radius 1 is 1.10 bits per heavy atom.